The van der Waals surface area contributed by atoms with Gasteiger partial charge >= 0.3 is 6.03 Å². The van der Waals surface area contributed by atoms with Gasteiger partial charge in [0, 0.05) is 28.1 Å². The summed E-state index contributed by atoms with van der Waals surface area (Å²) in [7, 11) is 0. The Morgan fingerprint density at radius 3 is 2.61 bits per heavy atom. The van der Waals surface area contributed by atoms with E-state index in [1.54, 1.807) is 18.2 Å². The minimum absolute atomic E-state index is 0.0531. The number of phenolic OH excluding ortho intramolecular Hbond substituents is 1. The van der Waals surface area contributed by atoms with E-state index in [9.17, 15) is 19.8 Å². The van der Waals surface area contributed by atoms with Crippen LogP contribution >= 0.6 is 0 Å². The number of allylic oxidation sites excluding steroid dienone is 2. The maximum atomic E-state index is 13.9. The number of fused-ring (bicyclic) bond motifs is 5. The Hall–Kier alpha value is -3.78. The first kappa shape index (κ1) is 21.1. The van der Waals surface area contributed by atoms with Crippen molar-refractivity contribution in [3.8, 4) is 11.5 Å². The maximum absolute atomic E-state index is 13.9. The molecule has 170 valence electrons. The van der Waals surface area contributed by atoms with Gasteiger partial charge in [-0.3, -0.25) is 4.79 Å². The van der Waals surface area contributed by atoms with Gasteiger partial charge in [0.2, 0.25) is 11.3 Å². The predicted octanol–water partition coefficient (Wildman–Crippen LogP) is 3.13. The third kappa shape index (κ3) is 2.87. The van der Waals surface area contributed by atoms with Gasteiger partial charge in [0.25, 0.3) is 5.79 Å². The number of carbonyl (C=O) groups excluding carboxylic acids is 2. The van der Waals surface area contributed by atoms with E-state index < -0.39 is 23.1 Å². The molecule has 2 unspecified atom stereocenters. The van der Waals surface area contributed by atoms with Gasteiger partial charge in [-0.15, -0.1) is 0 Å². The number of aliphatic hydroxyl groups is 1. The Labute approximate surface area is 190 Å². The second-order valence-electron chi connectivity index (χ2n) is 8.92. The third-order valence-electron chi connectivity index (χ3n) is 6.55. The number of ketones is 1. The fraction of sp³-hybridized carbons (Fsp3) is 0.280. The van der Waals surface area contributed by atoms with Crippen LogP contribution in [-0.4, -0.2) is 27.8 Å². The van der Waals surface area contributed by atoms with Gasteiger partial charge in [-0.25, -0.2) is 4.79 Å². The van der Waals surface area contributed by atoms with Gasteiger partial charge in [-0.05, 0) is 54.7 Å². The van der Waals surface area contributed by atoms with Crippen molar-refractivity contribution in [2.75, 3.05) is 5.32 Å². The number of Topliss-reactive ketones (excluding diaryl/α,β-unsaturated/α-hetero) is 1. The summed E-state index contributed by atoms with van der Waals surface area (Å²) in [6.07, 6.45) is 2.78. The van der Waals surface area contributed by atoms with E-state index in [-0.39, 0.29) is 22.8 Å². The van der Waals surface area contributed by atoms with Gasteiger partial charge < -0.3 is 31.3 Å². The molecular weight excluding hydrogens is 422 g/mol. The normalized spacial score (nSPS) is 25.2. The molecule has 8 nitrogen and oxygen atoms in total. The zero-order chi connectivity index (χ0) is 23.5. The lowest BCUT2D eigenvalue weighted by atomic mass is 9.83. The summed E-state index contributed by atoms with van der Waals surface area (Å²) in [5.74, 6) is -2.05. The second kappa shape index (κ2) is 7.11. The number of aromatic hydroxyl groups is 1. The molecule has 1 saturated carbocycles. The number of phenols is 1. The number of nitrogens with one attached hydrogen (secondary N) is 2. The van der Waals surface area contributed by atoms with Gasteiger partial charge in [0.05, 0.1) is 0 Å². The summed E-state index contributed by atoms with van der Waals surface area (Å²) in [6.45, 7) is 4.06. The number of hydrogen-bond donors (Lipinski definition) is 5. The average Bonchev–Trinajstić information content (AvgIpc) is 3.12. The molecule has 1 heterocycles. The molecular formula is C25H25N3O5. The van der Waals surface area contributed by atoms with Crippen molar-refractivity contribution in [1.29, 1.82) is 0 Å². The molecule has 0 aromatic heterocycles. The molecule has 0 radical (unpaired) electrons. The summed E-state index contributed by atoms with van der Waals surface area (Å²) < 4.78 is 6.07. The second-order valence-corrected chi connectivity index (χ2v) is 8.92. The van der Waals surface area contributed by atoms with Crippen LogP contribution in [0.4, 0.5) is 10.5 Å². The van der Waals surface area contributed by atoms with E-state index in [4.69, 9.17) is 10.5 Å². The molecule has 2 atom stereocenters. The minimum Gasteiger partial charge on any atom is -0.508 e. The van der Waals surface area contributed by atoms with Crippen LogP contribution in [0, 0.1) is 0 Å². The van der Waals surface area contributed by atoms with Crippen molar-refractivity contribution in [2.24, 2.45) is 5.73 Å². The van der Waals surface area contributed by atoms with Crippen LogP contribution < -0.4 is 21.1 Å². The van der Waals surface area contributed by atoms with Gasteiger partial charge in [-0.1, -0.05) is 32.1 Å². The number of rotatable bonds is 3. The van der Waals surface area contributed by atoms with E-state index >= 15 is 0 Å². The molecule has 5 rings (SSSR count). The van der Waals surface area contributed by atoms with Crippen molar-refractivity contribution >= 4 is 17.5 Å². The number of urea groups is 1. The Bertz CT molecular complexity index is 1250. The standard InChI is InChI=1S/C25H25N3O5/c1-13(2)14-6-11-17-20(12-14)33-25(32)18-4-3-5-19(26)21(18)22(30)24(17,25)28-23(31)27-15-7-9-16(29)10-8-15/h4,6-13,29,32H,3,5,26H2,1-2H3,(H2,27,28,31). The zero-order valence-corrected chi connectivity index (χ0v) is 18.3. The first-order valence-corrected chi connectivity index (χ1v) is 10.9. The Balaban J connectivity index is 1.63. The Morgan fingerprint density at radius 1 is 1.18 bits per heavy atom. The molecule has 2 aromatic rings. The third-order valence-corrected chi connectivity index (χ3v) is 6.55. The van der Waals surface area contributed by atoms with Crippen molar-refractivity contribution in [3.63, 3.8) is 0 Å². The highest BCUT2D eigenvalue weighted by Crippen LogP contribution is 2.59. The first-order chi connectivity index (χ1) is 15.7. The number of carbonyl (C=O) groups is 2. The molecule has 2 aliphatic carbocycles. The molecule has 0 saturated heterocycles. The average molecular weight is 447 g/mol. The van der Waals surface area contributed by atoms with Crippen molar-refractivity contribution in [3.05, 3.63) is 76.5 Å². The van der Waals surface area contributed by atoms with E-state index in [1.165, 1.54) is 24.3 Å². The minimum atomic E-state index is -2.13. The molecule has 1 fully saturated rings. The summed E-state index contributed by atoms with van der Waals surface area (Å²) in [6, 6.07) is 10.6. The molecule has 0 bridgehead atoms. The van der Waals surface area contributed by atoms with Crippen LogP contribution in [0.1, 0.15) is 43.7 Å². The molecule has 2 amide bonds. The molecule has 0 spiro atoms. The largest absolute Gasteiger partial charge is 0.508 e. The maximum Gasteiger partial charge on any atom is 0.320 e. The van der Waals surface area contributed by atoms with Crippen molar-refractivity contribution in [1.82, 2.24) is 5.32 Å². The van der Waals surface area contributed by atoms with Crippen LogP contribution in [-0.2, 0) is 10.3 Å². The zero-order valence-electron chi connectivity index (χ0n) is 18.3. The molecule has 2 aromatic carbocycles. The van der Waals surface area contributed by atoms with Gasteiger partial charge in [0.1, 0.15) is 11.5 Å². The van der Waals surface area contributed by atoms with Gasteiger partial charge in [-0.2, -0.15) is 0 Å². The van der Waals surface area contributed by atoms with Crippen molar-refractivity contribution < 1.29 is 24.5 Å². The Morgan fingerprint density at radius 2 is 1.91 bits per heavy atom. The highest BCUT2D eigenvalue weighted by atomic mass is 16.6. The number of amides is 2. The van der Waals surface area contributed by atoms with E-state index in [2.05, 4.69) is 10.6 Å². The quantitative estimate of drug-likeness (QED) is 0.459. The lowest BCUT2D eigenvalue weighted by Crippen LogP contribution is -2.62. The summed E-state index contributed by atoms with van der Waals surface area (Å²) >= 11 is 0. The van der Waals surface area contributed by atoms with Crippen LogP contribution in [0.25, 0.3) is 0 Å². The fourth-order valence-electron chi connectivity index (χ4n) is 4.87. The summed E-state index contributed by atoms with van der Waals surface area (Å²) in [5.41, 5.74) is 6.88. The highest BCUT2D eigenvalue weighted by Gasteiger charge is 2.74. The van der Waals surface area contributed by atoms with Crippen LogP contribution in [0.15, 0.2) is 65.4 Å². The first-order valence-electron chi connectivity index (χ1n) is 10.9. The monoisotopic (exact) mass is 447 g/mol. The highest BCUT2D eigenvalue weighted by molar-refractivity contribution is 6.15. The fourth-order valence-corrected chi connectivity index (χ4v) is 4.87. The molecule has 1 aliphatic heterocycles. The lowest BCUT2D eigenvalue weighted by molar-refractivity contribution is -0.151. The molecule has 6 N–H and O–H groups in total. The Kier molecular flexibility index (Phi) is 4.54. The number of hydrogen-bond acceptors (Lipinski definition) is 6. The summed E-state index contributed by atoms with van der Waals surface area (Å²) in [5, 5.41) is 26.7. The number of benzene rings is 2. The van der Waals surface area contributed by atoms with Crippen LogP contribution in [0.5, 0.6) is 11.5 Å². The van der Waals surface area contributed by atoms with Crippen LogP contribution in [0.3, 0.4) is 0 Å². The van der Waals surface area contributed by atoms with Crippen molar-refractivity contribution in [2.45, 2.75) is 43.9 Å². The molecule has 3 aliphatic rings. The molecule has 33 heavy (non-hydrogen) atoms. The predicted molar refractivity (Wildman–Crippen MR) is 122 cm³/mol. The number of anilines is 1. The number of nitrogens with two attached hydrogens (primary N) is 1. The smallest absolute Gasteiger partial charge is 0.320 e. The SMILES string of the molecule is CC(C)c1ccc2c(c1)OC1(O)C3=CCCC(N)=C3C(=O)C21NC(=O)Nc1ccc(O)cc1. The van der Waals surface area contributed by atoms with E-state index in [0.717, 1.165) is 5.56 Å². The summed E-state index contributed by atoms with van der Waals surface area (Å²) in [4.78, 5) is 27.0. The molecule has 8 heteroatoms. The van der Waals surface area contributed by atoms with Crippen LogP contribution in [0.2, 0.25) is 0 Å². The van der Waals surface area contributed by atoms with E-state index in [0.29, 0.717) is 35.5 Å². The van der Waals surface area contributed by atoms with E-state index in [1.807, 2.05) is 19.9 Å². The van der Waals surface area contributed by atoms with Gasteiger partial charge in [0.15, 0.2) is 0 Å². The topological polar surface area (TPSA) is 134 Å². The number of ether oxygens (including phenoxy) is 1. The lowest BCUT2D eigenvalue weighted by Gasteiger charge is -2.34.